The molecule has 29 heavy (non-hydrogen) atoms. The van der Waals surface area contributed by atoms with Crippen molar-refractivity contribution in [3.63, 3.8) is 0 Å². The van der Waals surface area contributed by atoms with Gasteiger partial charge in [0.05, 0.1) is 17.9 Å². The van der Waals surface area contributed by atoms with Crippen LogP contribution in [0.15, 0.2) is 30.4 Å². The molecule has 1 saturated heterocycles. The largest absolute Gasteiger partial charge is 0.349 e. The van der Waals surface area contributed by atoms with E-state index >= 15 is 0 Å². The van der Waals surface area contributed by atoms with Crippen molar-refractivity contribution in [2.75, 3.05) is 6.54 Å². The molecular formula is C24H30N2O3. The molecular weight excluding hydrogens is 364 g/mol. The van der Waals surface area contributed by atoms with E-state index in [9.17, 15) is 14.4 Å². The lowest BCUT2D eigenvalue weighted by Gasteiger charge is -2.22. The number of aryl methyl sites for hydroxylation is 2. The number of allylic oxidation sites excluding steroid dienone is 2. The van der Waals surface area contributed by atoms with Crippen LogP contribution in [0, 0.1) is 11.8 Å². The van der Waals surface area contributed by atoms with Crippen molar-refractivity contribution in [2.45, 2.75) is 64.3 Å². The lowest BCUT2D eigenvalue weighted by Crippen LogP contribution is -2.36. The zero-order chi connectivity index (χ0) is 20.4. The number of carbonyl (C=O) groups excluding carboxylic acids is 3. The minimum Gasteiger partial charge on any atom is -0.349 e. The van der Waals surface area contributed by atoms with Crippen LogP contribution < -0.4 is 5.32 Å². The van der Waals surface area contributed by atoms with E-state index in [0.29, 0.717) is 12.8 Å². The molecule has 1 heterocycles. The fraction of sp³-hybridized carbons (Fsp3) is 0.542. The van der Waals surface area contributed by atoms with E-state index in [1.165, 1.54) is 28.9 Å². The molecule has 154 valence electrons. The lowest BCUT2D eigenvalue weighted by atomic mass is 9.85. The van der Waals surface area contributed by atoms with Crippen LogP contribution >= 0.6 is 0 Å². The first kappa shape index (κ1) is 19.9. The molecule has 1 N–H and O–H groups in total. The minimum atomic E-state index is -0.227. The van der Waals surface area contributed by atoms with Gasteiger partial charge in [0, 0.05) is 13.0 Å². The monoisotopic (exact) mass is 394 g/mol. The van der Waals surface area contributed by atoms with E-state index in [1.54, 1.807) is 0 Å². The Balaban J connectivity index is 1.35. The van der Waals surface area contributed by atoms with Gasteiger partial charge in [-0.3, -0.25) is 19.3 Å². The van der Waals surface area contributed by atoms with Gasteiger partial charge >= 0.3 is 0 Å². The zero-order valence-corrected chi connectivity index (χ0v) is 17.2. The van der Waals surface area contributed by atoms with Crippen LogP contribution in [0.4, 0.5) is 0 Å². The quantitative estimate of drug-likeness (QED) is 0.593. The van der Waals surface area contributed by atoms with Gasteiger partial charge in [0.25, 0.3) is 0 Å². The molecule has 3 amide bonds. The average molecular weight is 395 g/mol. The summed E-state index contributed by atoms with van der Waals surface area (Å²) in [6.07, 6.45) is 10.9. The Morgan fingerprint density at radius 1 is 1.07 bits per heavy atom. The molecule has 3 aliphatic rings. The van der Waals surface area contributed by atoms with Crippen LogP contribution in [0.1, 0.15) is 68.2 Å². The molecule has 0 radical (unpaired) electrons. The summed E-state index contributed by atoms with van der Waals surface area (Å²) in [7, 11) is 0. The van der Waals surface area contributed by atoms with E-state index in [0.717, 1.165) is 24.8 Å². The number of imide groups is 1. The molecule has 5 heteroatoms. The summed E-state index contributed by atoms with van der Waals surface area (Å²) >= 11 is 0. The fourth-order valence-electron chi connectivity index (χ4n) is 4.96. The van der Waals surface area contributed by atoms with Crippen LogP contribution in [0.3, 0.4) is 0 Å². The SMILES string of the molecule is CC[C@H](NC(=O)CCN1C(=O)[C@H]2CC=CC[C@H]2C1=O)c1ccc2c(c1)CCCC2. The maximum Gasteiger partial charge on any atom is 0.233 e. The van der Waals surface area contributed by atoms with Gasteiger partial charge < -0.3 is 5.32 Å². The van der Waals surface area contributed by atoms with E-state index < -0.39 is 0 Å². The number of nitrogens with zero attached hydrogens (tertiary/aromatic N) is 1. The highest BCUT2D eigenvalue weighted by Gasteiger charge is 2.46. The Hall–Kier alpha value is -2.43. The Labute approximate surface area is 172 Å². The Kier molecular flexibility index (Phi) is 5.84. The van der Waals surface area contributed by atoms with Crippen molar-refractivity contribution >= 4 is 17.7 Å². The van der Waals surface area contributed by atoms with Crippen LogP contribution in [0.2, 0.25) is 0 Å². The predicted octanol–water partition coefficient (Wildman–Crippen LogP) is 3.47. The van der Waals surface area contributed by atoms with Crippen molar-refractivity contribution in [1.29, 1.82) is 0 Å². The van der Waals surface area contributed by atoms with E-state index in [-0.39, 0.29) is 48.6 Å². The van der Waals surface area contributed by atoms with E-state index in [4.69, 9.17) is 0 Å². The van der Waals surface area contributed by atoms with Gasteiger partial charge in [-0.05, 0) is 61.6 Å². The highest BCUT2D eigenvalue weighted by molar-refractivity contribution is 6.05. The van der Waals surface area contributed by atoms with Gasteiger partial charge in [-0.25, -0.2) is 0 Å². The third-order valence-electron chi connectivity index (χ3n) is 6.68. The van der Waals surface area contributed by atoms with Crippen LogP contribution in [0.25, 0.3) is 0 Å². The van der Waals surface area contributed by atoms with Crippen LogP contribution in [-0.2, 0) is 27.2 Å². The summed E-state index contributed by atoms with van der Waals surface area (Å²) in [4.78, 5) is 39.0. The summed E-state index contributed by atoms with van der Waals surface area (Å²) in [6.45, 7) is 2.24. The van der Waals surface area contributed by atoms with Gasteiger partial charge in [0.2, 0.25) is 17.7 Å². The number of amides is 3. The first-order valence-electron chi connectivity index (χ1n) is 11.0. The molecule has 0 aromatic heterocycles. The van der Waals surface area contributed by atoms with E-state index in [2.05, 4.69) is 30.4 Å². The highest BCUT2D eigenvalue weighted by Crippen LogP contribution is 2.35. The van der Waals surface area contributed by atoms with Gasteiger partial charge in [-0.15, -0.1) is 0 Å². The van der Waals surface area contributed by atoms with Gasteiger partial charge in [-0.2, -0.15) is 0 Å². The molecule has 0 spiro atoms. The second-order valence-electron chi connectivity index (χ2n) is 8.50. The first-order valence-corrected chi connectivity index (χ1v) is 11.0. The van der Waals surface area contributed by atoms with Crippen molar-refractivity contribution < 1.29 is 14.4 Å². The molecule has 4 rings (SSSR count). The predicted molar refractivity (Wildman–Crippen MR) is 111 cm³/mol. The summed E-state index contributed by atoms with van der Waals surface area (Å²) in [5.41, 5.74) is 3.99. The lowest BCUT2D eigenvalue weighted by molar-refractivity contribution is -0.140. The topological polar surface area (TPSA) is 66.5 Å². The maximum absolute atomic E-state index is 12.6. The number of carbonyl (C=O) groups is 3. The molecule has 3 atom stereocenters. The first-order chi connectivity index (χ1) is 14.1. The maximum atomic E-state index is 12.6. The van der Waals surface area contributed by atoms with Gasteiger partial charge in [0.15, 0.2) is 0 Å². The standard InChI is InChI=1S/C24H30N2O3/c1-2-21(18-12-11-16-7-3-4-8-17(16)15-18)25-22(27)13-14-26-23(28)19-9-5-6-10-20(19)24(26)29/h5-6,11-12,15,19-21H,2-4,7-10,13-14H2,1H3,(H,25,27)/t19-,20+,21-/m0/s1. The number of likely N-dealkylation sites (tertiary alicyclic amines) is 1. The summed E-state index contributed by atoms with van der Waals surface area (Å²) in [5.74, 6) is -0.787. The zero-order valence-electron chi connectivity index (χ0n) is 17.2. The van der Waals surface area contributed by atoms with Crippen molar-refractivity contribution in [1.82, 2.24) is 10.2 Å². The number of hydrogen-bond donors (Lipinski definition) is 1. The second-order valence-corrected chi connectivity index (χ2v) is 8.50. The summed E-state index contributed by atoms with van der Waals surface area (Å²) < 4.78 is 0. The molecule has 5 nitrogen and oxygen atoms in total. The van der Waals surface area contributed by atoms with Gasteiger partial charge in [-0.1, -0.05) is 37.3 Å². The van der Waals surface area contributed by atoms with Crippen LogP contribution in [-0.4, -0.2) is 29.2 Å². The molecule has 1 aromatic carbocycles. The van der Waals surface area contributed by atoms with E-state index in [1.807, 2.05) is 12.2 Å². The molecule has 1 aromatic rings. The molecule has 0 unspecified atom stereocenters. The Morgan fingerprint density at radius 3 is 2.38 bits per heavy atom. The summed E-state index contributed by atoms with van der Waals surface area (Å²) in [5, 5.41) is 3.11. The van der Waals surface area contributed by atoms with Gasteiger partial charge in [0.1, 0.15) is 0 Å². The van der Waals surface area contributed by atoms with Crippen molar-refractivity contribution in [3.05, 3.63) is 47.0 Å². The molecule has 2 aliphatic carbocycles. The Morgan fingerprint density at radius 2 is 1.72 bits per heavy atom. The number of benzene rings is 1. The number of nitrogens with one attached hydrogen (secondary N) is 1. The highest BCUT2D eigenvalue weighted by atomic mass is 16.2. The average Bonchev–Trinajstić information content (AvgIpc) is 3.00. The molecule has 1 fully saturated rings. The third-order valence-corrected chi connectivity index (χ3v) is 6.68. The van der Waals surface area contributed by atoms with Crippen molar-refractivity contribution in [3.8, 4) is 0 Å². The molecule has 0 saturated carbocycles. The number of hydrogen-bond acceptors (Lipinski definition) is 3. The summed E-state index contributed by atoms with van der Waals surface area (Å²) in [6, 6.07) is 6.54. The minimum absolute atomic E-state index is 0.0357. The smallest absolute Gasteiger partial charge is 0.233 e. The molecule has 0 bridgehead atoms. The third kappa shape index (κ3) is 4.00. The number of rotatable bonds is 6. The number of fused-ring (bicyclic) bond motifs is 2. The van der Waals surface area contributed by atoms with Crippen molar-refractivity contribution in [2.24, 2.45) is 11.8 Å². The Bertz CT molecular complexity index is 819. The fourth-order valence-corrected chi connectivity index (χ4v) is 4.96. The normalized spacial score (nSPS) is 24.2. The molecule has 1 aliphatic heterocycles. The van der Waals surface area contributed by atoms with Crippen LogP contribution in [0.5, 0.6) is 0 Å². The second kappa shape index (κ2) is 8.52.